The van der Waals surface area contributed by atoms with Gasteiger partial charge in [0, 0.05) is 26.2 Å². The quantitative estimate of drug-likeness (QED) is 0.905. The highest BCUT2D eigenvalue weighted by Gasteiger charge is 2.27. The number of fused-ring (bicyclic) bond motifs is 1. The first kappa shape index (κ1) is 13.7. The number of hydrogen-bond acceptors (Lipinski definition) is 5. The molecular formula is C15H22N2O3. The van der Waals surface area contributed by atoms with Gasteiger partial charge in [0.2, 0.25) is 6.79 Å². The maximum atomic E-state index is 6.01. The highest BCUT2D eigenvalue weighted by molar-refractivity contribution is 5.45. The molecule has 0 aliphatic carbocycles. The van der Waals surface area contributed by atoms with E-state index in [9.17, 15) is 0 Å². The van der Waals surface area contributed by atoms with Crippen LogP contribution in [0.2, 0.25) is 0 Å². The molecule has 0 aromatic heterocycles. The lowest BCUT2D eigenvalue weighted by atomic mass is 10.00. The van der Waals surface area contributed by atoms with E-state index in [-0.39, 0.29) is 6.04 Å². The van der Waals surface area contributed by atoms with Crippen molar-refractivity contribution in [3.05, 3.63) is 23.8 Å². The minimum atomic E-state index is 0.211. The van der Waals surface area contributed by atoms with Crippen molar-refractivity contribution in [2.24, 2.45) is 5.73 Å². The second-order valence-corrected chi connectivity index (χ2v) is 5.36. The molecule has 5 nitrogen and oxygen atoms in total. The van der Waals surface area contributed by atoms with Crippen LogP contribution < -0.4 is 15.2 Å². The van der Waals surface area contributed by atoms with Crippen molar-refractivity contribution >= 4 is 0 Å². The number of benzene rings is 1. The fourth-order valence-corrected chi connectivity index (χ4v) is 3.06. The van der Waals surface area contributed by atoms with Gasteiger partial charge in [-0.1, -0.05) is 6.07 Å². The summed E-state index contributed by atoms with van der Waals surface area (Å²) in [4.78, 5) is 2.41. The molecule has 110 valence electrons. The van der Waals surface area contributed by atoms with Crippen LogP contribution in [-0.4, -0.2) is 44.5 Å². The van der Waals surface area contributed by atoms with Crippen molar-refractivity contribution in [2.75, 3.05) is 33.5 Å². The number of methoxy groups -OCH3 is 1. The van der Waals surface area contributed by atoms with E-state index in [2.05, 4.69) is 17.0 Å². The number of rotatable bonds is 4. The third kappa shape index (κ3) is 2.61. The van der Waals surface area contributed by atoms with Gasteiger partial charge in [0.1, 0.15) is 0 Å². The van der Waals surface area contributed by atoms with Crippen LogP contribution in [0.25, 0.3) is 0 Å². The molecule has 5 heteroatoms. The standard InChI is InChI=1S/C15H22N2O3/c1-18-12-3-2-6-17(9-12)13(8-16)11-4-5-14-15(7-11)20-10-19-14/h4-5,7,12-13H,2-3,6,8-10,16H2,1H3. The van der Waals surface area contributed by atoms with E-state index < -0.39 is 0 Å². The monoisotopic (exact) mass is 278 g/mol. The Hall–Kier alpha value is -1.30. The van der Waals surface area contributed by atoms with Crippen molar-refractivity contribution in [3.63, 3.8) is 0 Å². The largest absolute Gasteiger partial charge is 0.454 e. The molecule has 2 N–H and O–H groups in total. The molecule has 2 aliphatic heterocycles. The van der Waals surface area contributed by atoms with Gasteiger partial charge in [0.25, 0.3) is 0 Å². The van der Waals surface area contributed by atoms with Gasteiger partial charge in [-0.2, -0.15) is 0 Å². The van der Waals surface area contributed by atoms with Crippen molar-refractivity contribution in [3.8, 4) is 11.5 Å². The Kier molecular flexibility index (Phi) is 4.10. The minimum absolute atomic E-state index is 0.211. The molecule has 0 saturated carbocycles. The summed E-state index contributed by atoms with van der Waals surface area (Å²) in [5.41, 5.74) is 7.20. The molecule has 0 amide bonds. The Morgan fingerprint density at radius 2 is 2.25 bits per heavy atom. The fourth-order valence-electron chi connectivity index (χ4n) is 3.06. The van der Waals surface area contributed by atoms with Crippen LogP contribution in [0.3, 0.4) is 0 Å². The topological polar surface area (TPSA) is 57.0 Å². The van der Waals surface area contributed by atoms with Crippen molar-refractivity contribution in [1.82, 2.24) is 4.90 Å². The van der Waals surface area contributed by atoms with Crippen molar-refractivity contribution in [2.45, 2.75) is 25.0 Å². The normalized spacial score (nSPS) is 23.8. The zero-order valence-electron chi connectivity index (χ0n) is 11.9. The summed E-state index contributed by atoms with van der Waals surface area (Å²) in [6, 6.07) is 6.32. The van der Waals surface area contributed by atoms with Crippen LogP contribution >= 0.6 is 0 Å². The number of likely N-dealkylation sites (tertiary alicyclic amines) is 1. The number of hydrogen-bond donors (Lipinski definition) is 1. The van der Waals surface area contributed by atoms with Gasteiger partial charge in [-0.05, 0) is 37.1 Å². The van der Waals surface area contributed by atoms with Gasteiger partial charge in [-0.3, -0.25) is 4.90 Å². The Bertz CT molecular complexity index is 466. The molecule has 2 heterocycles. The minimum Gasteiger partial charge on any atom is -0.454 e. The van der Waals surface area contributed by atoms with Crippen molar-refractivity contribution in [1.29, 1.82) is 0 Å². The molecule has 1 saturated heterocycles. The molecule has 3 rings (SSSR count). The van der Waals surface area contributed by atoms with Gasteiger partial charge in [0.15, 0.2) is 11.5 Å². The van der Waals surface area contributed by atoms with Crippen LogP contribution in [-0.2, 0) is 4.74 Å². The number of nitrogens with zero attached hydrogens (tertiary/aromatic N) is 1. The summed E-state index contributed by atoms with van der Waals surface area (Å²) in [6.45, 7) is 2.90. The molecule has 0 bridgehead atoms. The lowest BCUT2D eigenvalue weighted by Crippen LogP contribution is -2.43. The third-order valence-corrected chi connectivity index (χ3v) is 4.19. The van der Waals surface area contributed by atoms with E-state index >= 15 is 0 Å². The molecule has 20 heavy (non-hydrogen) atoms. The van der Waals surface area contributed by atoms with Gasteiger partial charge >= 0.3 is 0 Å². The molecule has 1 fully saturated rings. The van der Waals surface area contributed by atoms with Gasteiger partial charge < -0.3 is 19.9 Å². The van der Waals surface area contributed by atoms with E-state index in [1.807, 2.05) is 6.07 Å². The summed E-state index contributed by atoms with van der Waals surface area (Å²) < 4.78 is 16.3. The maximum Gasteiger partial charge on any atom is 0.231 e. The average molecular weight is 278 g/mol. The average Bonchev–Trinajstić information content (AvgIpc) is 2.96. The summed E-state index contributed by atoms with van der Waals surface area (Å²) in [5.74, 6) is 1.64. The van der Waals surface area contributed by atoms with Crippen molar-refractivity contribution < 1.29 is 14.2 Å². The zero-order valence-corrected chi connectivity index (χ0v) is 11.9. The summed E-state index contributed by atoms with van der Waals surface area (Å²) in [5, 5.41) is 0. The Labute approximate surface area is 119 Å². The number of ether oxygens (including phenoxy) is 3. The van der Waals surface area contributed by atoms with Gasteiger partial charge in [-0.25, -0.2) is 0 Å². The fraction of sp³-hybridized carbons (Fsp3) is 0.600. The SMILES string of the molecule is COC1CCCN(C(CN)c2ccc3c(c2)OCO3)C1. The molecule has 0 spiro atoms. The Balaban J connectivity index is 1.78. The lowest BCUT2D eigenvalue weighted by Gasteiger charge is -2.37. The van der Waals surface area contributed by atoms with Crippen LogP contribution in [0.1, 0.15) is 24.4 Å². The van der Waals surface area contributed by atoms with Gasteiger partial charge in [-0.15, -0.1) is 0 Å². The van der Waals surface area contributed by atoms with E-state index in [1.54, 1.807) is 7.11 Å². The van der Waals surface area contributed by atoms with E-state index in [0.29, 0.717) is 19.4 Å². The van der Waals surface area contributed by atoms with E-state index in [0.717, 1.165) is 37.4 Å². The predicted molar refractivity (Wildman–Crippen MR) is 76.0 cm³/mol. The third-order valence-electron chi connectivity index (χ3n) is 4.19. The summed E-state index contributed by atoms with van der Waals surface area (Å²) in [6.07, 6.45) is 2.59. The first-order chi connectivity index (χ1) is 9.81. The molecule has 1 aromatic carbocycles. The zero-order chi connectivity index (χ0) is 13.9. The predicted octanol–water partition coefficient (Wildman–Crippen LogP) is 1.53. The first-order valence-corrected chi connectivity index (χ1v) is 7.18. The van der Waals surface area contributed by atoms with Crippen LogP contribution in [0.4, 0.5) is 0 Å². The second-order valence-electron chi connectivity index (χ2n) is 5.36. The lowest BCUT2D eigenvalue weighted by molar-refractivity contribution is 0.0155. The molecule has 0 radical (unpaired) electrons. The molecule has 2 aliphatic rings. The first-order valence-electron chi connectivity index (χ1n) is 7.18. The van der Waals surface area contributed by atoms with E-state index in [4.69, 9.17) is 19.9 Å². The molecular weight excluding hydrogens is 256 g/mol. The number of piperidine rings is 1. The molecule has 2 atom stereocenters. The summed E-state index contributed by atoms with van der Waals surface area (Å²) in [7, 11) is 1.78. The van der Waals surface area contributed by atoms with E-state index in [1.165, 1.54) is 5.56 Å². The number of nitrogens with two attached hydrogens (primary N) is 1. The van der Waals surface area contributed by atoms with Gasteiger partial charge in [0.05, 0.1) is 6.10 Å². The maximum absolute atomic E-state index is 6.01. The van der Waals surface area contributed by atoms with Crippen LogP contribution in [0, 0.1) is 0 Å². The summed E-state index contributed by atoms with van der Waals surface area (Å²) >= 11 is 0. The van der Waals surface area contributed by atoms with Crippen LogP contribution in [0.15, 0.2) is 18.2 Å². The smallest absolute Gasteiger partial charge is 0.231 e. The highest BCUT2D eigenvalue weighted by Crippen LogP contribution is 2.35. The van der Waals surface area contributed by atoms with Crippen LogP contribution in [0.5, 0.6) is 11.5 Å². The highest BCUT2D eigenvalue weighted by atomic mass is 16.7. The molecule has 2 unspecified atom stereocenters. The Morgan fingerprint density at radius 1 is 1.40 bits per heavy atom. The second kappa shape index (κ2) is 5.99. The molecule has 1 aromatic rings. The Morgan fingerprint density at radius 3 is 3.05 bits per heavy atom.